The molecular weight excluding hydrogens is 269 g/mol. The number of hydrogen-bond acceptors (Lipinski definition) is 2. The summed E-state index contributed by atoms with van der Waals surface area (Å²) in [6.45, 7) is 4.20. The van der Waals surface area contributed by atoms with Crippen LogP contribution in [0.25, 0.3) is 0 Å². The van der Waals surface area contributed by atoms with Gasteiger partial charge in [0.25, 0.3) is 0 Å². The Kier molecular flexibility index (Phi) is 8.79. The Balaban J connectivity index is 2.21. The number of carbonyl (C=O) groups is 1. The number of hydrogen-bond donors (Lipinski definition) is 0. The number of nitrogens with zero attached hydrogens (tertiary/aromatic N) is 1. The second kappa shape index (κ2) is 10.4. The molecule has 0 aliphatic carbocycles. The Morgan fingerprint density at radius 3 is 2.33 bits per heavy atom. The van der Waals surface area contributed by atoms with Crippen molar-refractivity contribution in [2.45, 2.75) is 71.6 Å². The van der Waals surface area contributed by atoms with Crippen molar-refractivity contribution in [1.29, 1.82) is 0 Å². The van der Waals surface area contributed by atoms with Gasteiger partial charge in [-0.1, -0.05) is 56.4 Å². The molecule has 0 spiro atoms. The number of aryl methyl sites for hydroxylation is 1. The summed E-state index contributed by atoms with van der Waals surface area (Å²) >= 11 is 0. The first kappa shape index (κ1) is 17.7. The van der Waals surface area contributed by atoms with E-state index in [1.807, 2.05) is 0 Å². The first-order valence-corrected chi connectivity index (χ1v) is 8.23. The molecule has 4 heteroatoms. The largest absolute Gasteiger partial charge is 0.461 e. The fourth-order valence-electron chi connectivity index (χ4n) is 2.44. The van der Waals surface area contributed by atoms with Gasteiger partial charge in [-0.2, -0.15) is 4.79 Å². The predicted octanol–water partition coefficient (Wildman–Crippen LogP) is 5.08. The molecule has 0 aromatic carbocycles. The van der Waals surface area contributed by atoms with Crippen LogP contribution >= 0.6 is 0 Å². The van der Waals surface area contributed by atoms with E-state index in [0.717, 1.165) is 18.4 Å². The molecule has 1 aromatic heterocycles. The summed E-state index contributed by atoms with van der Waals surface area (Å²) in [4.78, 5) is 11.9. The number of esters is 1. The van der Waals surface area contributed by atoms with E-state index in [1.54, 1.807) is 13.0 Å². The third-order valence-corrected chi connectivity index (χ3v) is 3.63. The molecule has 3 nitrogen and oxygen atoms in total. The SMILES string of the molecule is CCCCCCCCCCc1cc(C(=O)OCC)n(F)c1. The van der Waals surface area contributed by atoms with Crippen molar-refractivity contribution in [2.75, 3.05) is 6.61 Å². The molecule has 1 rings (SSSR count). The number of unbranched alkanes of at least 4 members (excludes halogenated alkanes) is 7. The van der Waals surface area contributed by atoms with E-state index >= 15 is 0 Å². The zero-order valence-electron chi connectivity index (χ0n) is 13.4. The topological polar surface area (TPSA) is 31.2 Å². The summed E-state index contributed by atoms with van der Waals surface area (Å²) < 4.78 is 18.4. The molecule has 0 aliphatic rings. The Labute approximate surface area is 127 Å². The summed E-state index contributed by atoms with van der Waals surface area (Å²) in [5, 5.41) is 0. The van der Waals surface area contributed by atoms with Gasteiger partial charge in [0, 0.05) is 6.20 Å². The van der Waals surface area contributed by atoms with Gasteiger partial charge in [0.15, 0.2) is 5.69 Å². The summed E-state index contributed by atoms with van der Waals surface area (Å²) in [6.07, 6.45) is 12.2. The van der Waals surface area contributed by atoms with Crippen LogP contribution in [0.1, 0.15) is 81.3 Å². The van der Waals surface area contributed by atoms with Crippen molar-refractivity contribution in [3.8, 4) is 0 Å². The van der Waals surface area contributed by atoms with Gasteiger partial charge in [-0.05, 0) is 31.4 Å². The molecule has 0 unspecified atom stereocenters. The highest BCUT2D eigenvalue weighted by Gasteiger charge is 2.14. The average molecular weight is 297 g/mol. The number of halogens is 1. The van der Waals surface area contributed by atoms with Crippen molar-refractivity contribution in [3.63, 3.8) is 0 Å². The molecule has 0 saturated heterocycles. The highest BCUT2D eigenvalue weighted by atomic mass is 19.2. The van der Waals surface area contributed by atoms with Crippen molar-refractivity contribution in [1.82, 2.24) is 4.79 Å². The second-order valence-electron chi connectivity index (χ2n) is 5.49. The van der Waals surface area contributed by atoms with Crippen molar-refractivity contribution < 1.29 is 14.0 Å². The van der Waals surface area contributed by atoms with E-state index in [-0.39, 0.29) is 12.3 Å². The highest BCUT2D eigenvalue weighted by Crippen LogP contribution is 2.15. The number of carbonyl (C=O) groups excluding carboxylic acids is 1. The van der Waals surface area contributed by atoms with Gasteiger partial charge in [-0.25, -0.2) is 4.79 Å². The van der Waals surface area contributed by atoms with Crippen LogP contribution in [0.15, 0.2) is 12.3 Å². The molecule has 1 heterocycles. The Morgan fingerprint density at radius 1 is 1.10 bits per heavy atom. The maximum absolute atomic E-state index is 13.5. The van der Waals surface area contributed by atoms with Crippen LogP contribution in [0.4, 0.5) is 4.48 Å². The maximum Gasteiger partial charge on any atom is 0.357 e. The van der Waals surface area contributed by atoms with Gasteiger partial charge in [-0.3, -0.25) is 0 Å². The lowest BCUT2D eigenvalue weighted by atomic mass is 10.1. The number of ether oxygens (including phenoxy) is 1. The lowest BCUT2D eigenvalue weighted by Gasteiger charge is -2.00. The third kappa shape index (κ3) is 6.78. The van der Waals surface area contributed by atoms with Crippen molar-refractivity contribution in [2.24, 2.45) is 0 Å². The van der Waals surface area contributed by atoms with Gasteiger partial charge >= 0.3 is 5.97 Å². The van der Waals surface area contributed by atoms with Crippen LogP contribution < -0.4 is 0 Å². The van der Waals surface area contributed by atoms with Gasteiger partial charge in [0.1, 0.15) is 0 Å². The molecule has 0 fully saturated rings. The first-order chi connectivity index (χ1) is 10.2. The molecule has 0 aliphatic heterocycles. The van der Waals surface area contributed by atoms with E-state index in [9.17, 15) is 9.28 Å². The second-order valence-corrected chi connectivity index (χ2v) is 5.49. The Bertz CT molecular complexity index is 415. The van der Waals surface area contributed by atoms with Gasteiger partial charge in [0.05, 0.1) is 6.61 Å². The van der Waals surface area contributed by atoms with E-state index in [2.05, 4.69) is 6.92 Å². The van der Waals surface area contributed by atoms with E-state index in [0.29, 0.717) is 4.79 Å². The molecule has 0 radical (unpaired) electrons. The van der Waals surface area contributed by atoms with Gasteiger partial charge < -0.3 is 4.74 Å². The molecular formula is C17H28FNO2. The summed E-state index contributed by atoms with van der Waals surface area (Å²) in [7, 11) is 0. The summed E-state index contributed by atoms with van der Waals surface area (Å²) in [5.74, 6) is -0.595. The quantitative estimate of drug-likeness (QED) is 0.421. The monoisotopic (exact) mass is 297 g/mol. The van der Waals surface area contributed by atoms with Crippen molar-refractivity contribution >= 4 is 5.97 Å². The number of rotatable bonds is 11. The van der Waals surface area contributed by atoms with Crippen LogP contribution in [0.3, 0.4) is 0 Å². The fourth-order valence-corrected chi connectivity index (χ4v) is 2.44. The van der Waals surface area contributed by atoms with Crippen molar-refractivity contribution in [3.05, 3.63) is 23.5 Å². The molecule has 0 N–H and O–H groups in total. The standard InChI is InChI=1S/C17H28FNO2/c1-3-5-6-7-8-9-10-11-12-15-13-16(19(18)14-15)17(20)21-4-2/h13-14H,3-12H2,1-2H3. The summed E-state index contributed by atoms with van der Waals surface area (Å²) in [6, 6.07) is 1.60. The van der Waals surface area contributed by atoms with Crippen LogP contribution in [0.5, 0.6) is 0 Å². The van der Waals surface area contributed by atoms with E-state index < -0.39 is 5.97 Å². The zero-order chi connectivity index (χ0) is 15.5. The van der Waals surface area contributed by atoms with E-state index in [4.69, 9.17) is 4.74 Å². The molecule has 120 valence electrons. The third-order valence-electron chi connectivity index (χ3n) is 3.63. The Hall–Kier alpha value is -1.32. The number of aromatic nitrogens is 1. The smallest absolute Gasteiger partial charge is 0.357 e. The minimum atomic E-state index is -0.595. The molecule has 0 amide bonds. The van der Waals surface area contributed by atoms with Crippen LogP contribution in [-0.2, 0) is 11.2 Å². The van der Waals surface area contributed by atoms with Crippen LogP contribution in [0.2, 0.25) is 0 Å². The maximum atomic E-state index is 13.5. The molecule has 0 bridgehead atoms. The highest BCUT2D eigenvalue weighted by molar-refractivity contribution is 5.87. The lowest BCUT2D eigenvalue weighted by Crippen LogP contribution is -2.07. The minimum Gasteiger partial charge on any atom is -0.461 e. The fraction of sp³-hybridized carbons (Fsp3) is 0.706. The summed E-state index contributed by atoms with van der Waals surface area (Å²) in [5.41, 5.74) is 0.859. The minimum absolute atomic E-state index is 0.00795. The zero-order valence-corrected chi connectivity index (χ0v) is 13.4. The molecule has 0 saturated carbocycles. The average Bonchev–Trinajstić information content (AvgIpc) is 2.83. The predicted molar refractivity (Wildman–Crippen MR) is 83.2 cm³/mol. The molecule has 21 heavy (non-hydrogen) atoms. The van der Waals surface area contributed by atoms with Gasteiger partial charge in [-0.15, -0.1) is 0 Å². The normalized spacial score (nSPS) is 10.8. The van der Waals surface area contributed by atoms with Crippen LogP contribution in [-0.4, -0.2) is 17.4 Å². The molecule has 1 aromatic rings. The van der Waals surface area contributed by atoms with Gasteiger partial charge in [0.2, 0.25) is 0 Å². The first-order valence-electron chi connectivity index (χ1n) is 8.23. The van der Waals surface area contributed by atoms with Crippen LogP contribution in [0, 0.1) is 0 Å². The lowest BCUT2D eigenvalue weighted by molar-refractivity contribution is 0.0502. The molecule has 0 atom stereocenters. The Morgan fingerprint density at radius 2 is 1.71 bits per heavy atom. The van der Waals surface area contributed by atoms with E-state index in [1.165, 1.54) is 51.1 Å².